The maximum absolute atomic E-state index is 13.2. The normalized spacial score (nSPS) is 25.6. The molecule has 4 saturated heterocycles. The number of rotatable bonds is 6. The predicted octanol–water partition coefficient (Wildman–Crippen LogP) is 2.18. The van der Waals surface area contributed by atoms with Gasteiger partial charge < -0.3 is 24.3 Å². The summed E-state index contributed by atoms with van der Waals surface area (Å²) in [5, 5.41) is 2.24. The summed E-state index contributed by atoms with van der Waals surface area (Å²) in [5.74, 6) is -0.790. The van der Waals surface area contributed by atoms with Crippen LogP contribution in [0, 0.1) is 11.8 Å². The molecule has 1 N–H and O–H groups in total. The lowest BCUT2D eigenvalue weighted by Crippen LogP contribution is -2.54. The third-order valence-electron chi connectivity index (χ3n) is 9.84. The quantitative estimate of drug-likeness (QED) is 0.476. The van der Waals surface area contributed by atoms with E-state index in [1.807, 2.05) is 31.7 Å². The summed E-state index contributed by atoms with van der Waals surface area (Å²) in [6.45, 7) is 15.4. The fourth-order valence-corrected chi connectivity index (χ4v) is 7.39. The van der Waals surface area contributed by atoms with E-state index in [1.54, 1.807) is 12.1 Å². The molecule has 1 unspecified atom stereocenters. The molecule has 0 spiro atoms. The number of carbonyl (C=O) groups is 5. The third kappa shape index (κ3) is 7.01. The molecule has 45 heavy (non-hydrogen) atoms. The van der Waals surface area contributed by atoms with Crippen LogP contribution in [0.2, 0.25) is 0 Å². The number of nitrogens with one attached hydrogen (secondary N) is 1. The van der Waals surface area contributed by atoms with Crippen LogP contribution in [0.15, 0.2) is 18.2 Å². The molecule has 5 heterocycles. The average molecular weight is 623 g/mol. The van der Waals surface area contributed by atoms with Gasteiger partial charge in [-0.15, -0.1) is 0 Å². The van der Waals surface area contributed by atoms with E-state index in [0.29, 0.717) is 23.0 Å². The van der Waals surface area contributed by atoms with E-state index in [-0.39, 0.29) is 24.8 Å². The van der Waals surface area contributed by atoms with Crippen molar-refractivity contribution in [1.29, 1.82) is 0 Å². The number of amides is 5. The van der Waals surface area contributed by atoms with Crippen molar-refractivity contribution in [2.24, 2.45) is 11.8 Å². The molecule has 0 aromatic heterocycles. The second kappa shape index (κ2) is 12.7. The van der Waals surface area contributed by atoms with Crippen LogP contribution in [-0.4, -0.2) is 126 Å². The minimum Gasteiger partial charge on any atom is -0.444 e. The van der Waals surface area contributed by atoms with Crippen molar-refractivity contribution in [1.82, 2.24) is 24.9 Å². The summed E-state index contributed by atoms with van der Waals surface area (Å²) in [6.07, 6.45) is 3.23. The molecule has 6 rings (SSSR count). The number of imide groups is 2. The molecule has 0 radical (unpaired) electrons. The van der Waals surface area contributed by atoms with Crippen LogP contribution < -0.4 is 10.2 Å². The Balaban J connectivity index is 0.938. The van der Waals surface area contributed by atoms with Gasteiger partial charge in [0.25, 0.3) is 11.8 Å². The van der Waals surface area contributed by atoms with Gasteiger partial charge in [0.05, 0.1) is 11.1 Å². The molecule has 12 heteroatoms. The highest BCUT2D eigenvalue weighted by atomic mass is 16.6. The number of benzene rings is 1. The zero-order chi connectivity index (χ0) is 31.9. The number of hydrogen-bond acceptors (Lipinski definition) is 9. The van der Waals surface area contributed by atoms with Gasteiger partial charge in [0.15, 0.2) is 0 Å². The number of fused-ring (bicyclic) bond motifs is 1. The molecule has 244 valence electrons. The Labute approximate surface area is 265 Å². The van der Waals surface area contributed by atoms with Gasteiger partial charge in [-0.1, -0.05) is 0 Å². The van der Waals surface area contributed by atoms with Crippen molar-refractivity contribution in [3.63, 3.8) is 0 Å². The molecule has 4 fully saturated rings. The summed E-state index contributed by atoms with van der Waals surface area (Å²) < 4.78 is 5.55. The van der Waals surface area contributed by atoms with E-state index in [2.05, 4.69) is 20.0 Å². The maximum Gasteiger partial charge on any atom is 0.410 e. The monoisotopic (exact) mass is 622 g/mol. The smallest absolute Gasteiger partial charge is 0.410 e. The van der Waals surface area contributed by atoms with E-state index < -0.39 is 29.4 Å². The standard InChI is InChI=1S/C33H46N6O6/c1-33(2,3)45-32(44)38-13-10-23(21-38)20-36-16-14-35(15-17-36)19-22-8-11-37(12-9-22)24-4-5-25-26(18-24)31(43)39(30(25)42)27-6-7-28(40)34-29(27)41/h4-5,18,22-23,27H,6-17,19-21H2,1-3H3,(H,34,40,41)/t23-,27?/m1/s1. The minimum absolute atomic E-state index is 0.108. The molecule has 1 aromatic rings. The first-order valence-electron chi connectivity index (χ1n) is 16.5. The Morgan fingerprint density at radius 2 is 1.44 bits per heavy atom. The number of likely N-dealkylation sites (tertiary alicyclic amines) is 1. The van der Waals surface area contributed by atoms with Gasteiger partial charge in [-0.05, 0) is 76.5 Å². The molecule has 1 aromatic carbocycles. The van der Waals surface area contributed by atoms with E-state index in [1.165, 1.54) is 0 Å². The molecular weight excluding hydrogens is 576 g/mol. The lowest BCUT2D eigenvalue weighted by Gasteiger charge is -2.40. The largest absolute Gasteiger partial charge is 0.444 e. The van der Waals surface area contributed by atoms with E-state index in [4.69, 9.17) is 4.74 Å². The highest BCUT2D eigenvalue weighted by Crippen LogP contribution is 2.32. The molecule has 5 amide bonds. The first kappa shape index (κ1) is 31.5. The van der Waals surface area contributed by atoms with E-state index in [0.717, 1.165) is 95.3 Å². The molecule has 0 bridgehead atoms. The van der Waals surface area contributed by atoms with Gasteiger partial charge in [-0.2, -0.15) is 0 Å². The molecular formula is C33H46N6O6. The minimum atomic E-state index is -0.951. The molecule has 0 aliphatic carbocycles. The summed E-state index contributed by atoms with van der Waals surface area (Å²) in [5.41, 5.74) is 1.10. The highest BCUT2D eigenvalue weighted by Gasteiger charge is 2.45. The van der Waals surface area contributed by atoms with Gasteiger partial charge in [0, 0.05) is 77.6 Å². The summed E-state index contributed by atoms with van der Waals surface area (Å²) in [6, 6.07) is 4.43. The number of piperazine rings is 1. The van der Waals surface area contributed by atoms with Crippen molar-refractivity contribution >= 4 is 35.4 Å². The number of ether oxygens (including phenoxy) is 1. The lowest BCUT2D eigenvalue weighted by atomic mass is 9.95. The SMILES string of the molecule is CC(C)(C)OC(=O)N1CC[C@H](CN2CCN(CC3CCN(c4ccc5c(c4)C(=O)N(C4CCC(=O)NC4=O)C5=O)CC3)CC2)C1. The summed E-state index contributed by atoms with van der Waals surface area (Å²) in [4.78, 5) is 72.9. The van der Waals surface area contributed by atoms with Crippen molar-refractivity contribution in [3.8, 4) is 0 Å². The third-order valence-corrected chi connectivity index (χ3v) is 9.84. The van der Waals surface area contributed by atoms with E-state index >= 15 is 0 Å². The van der Waals surface area contributed by atoms with Crippen LogP contribution in [0.3, 0.4) is 0 Å². The van der Waals surface area contributed by atoms with Crippen LogP contribution in [0.1, 0.15) is 73.6 Å². The second-order valence-corrected chi connectivity index (χ2v) is 14.3. The van der Waals surface area contributed by atoms with Crippen LogP contribution in [0.5, 0.6) is 0 Å². The maximum atomic E-state index is 13.2. The Morgan fingerprint density at radius 3 is 2.09 bits per heavy atom. The molecule has 12 nitrogen and oxygen atoms in total. The molecule has 5 aliphatic heterocycles. The predicted molar refractivity (Wildman–Crippen MR) is 167 cm³/mol. The number of carbonyl (C=O) groups excluding carboxylic acids is 5. The Kier molecular flexibility index (Phi) is 8.89. The second-order valence-electron chi connectivity index (χ2n) is 14.3. The number of anilines is 1. The first-order chi connectivity index (χ1) is 21.4. The lowest BCUT2D eigenvalue weighted by molar-refractivity contribution is -0.136. The van der Waals surface area contributed by atoms with Crippen LogP contribution in [0.4, 0.5) is 10.5 Å². The Morgan fingerprint density at radius 1 is 0.822 bits per heavy atom. The van der Waals surface area contributed by atoms with Gasteiger partial charge in [-0.25, -0.2) is 4.79 Å². The van der Waals surface area contributed by atoms with Gasteiger partial charge >= 0.3 is 6.09 Å². The van der Waals surface area contributed by atoms with Crippen molar-refractivity contribution in [3.05, 3.63) is 29.3 Å². The molecule has 5 aliphatic rings. The van der Waals surface area contributed by atoms with E-state index in [9.17, 15) is 24.0 Å². The van der Waals surface area contributed by atoms with Gasteiger partial charge in [0.1, 0.15) is 11.6 Å². The van der Waals surface area contributed by atoms with Crippen molar-refractivity contribution < 1.29 is 28.7 Å². The zero-order valence-electron chi connectivity index (χ0n) is 26.8. The Bertz CT molecular complexity index is 1340. The average Bonchev–Trinajstić information content (AvgIpc) is 3.56. The van der Waals surface area contributed by atoms with Crippen LogP contribution in [-0.2, 0) is 14.3 Å². The fraction of sp³-hybridized carbons (Fsp3) is 0.667. The number of nitrogens with zero attached hydrogens (tertiary/aromatic N) is 5. The molecule has 2 atom stereocenters. The van der Waals surface area contributed by atoms with Crippen molar-refractivity contribution in [2.75, 3.05) is 70.3 Å². The van der Waals surface area contributed by atoms with Gasteiger partial charge in [-0.3, -0.25) is 29.4 Å². The highest BCUT2D eigenvalue weighted by molar-refractivity contribution is 6.23. The fourth-order valence-electron chi connectivity index (χ4n) is 7.39. The molecule has 0 saturated carbocycles. The van der Waals surface area contributed by atoms with Crippen molar-refractivity contribution in [2.45, 2.75) is 64.5 Å². The van der Waals surface area contributed by atoms with Crippen LogP contribution in [0.25, 0.3) is 0 Å². The first-order valence-corrected chi connectivity index (χ1v) is 16.5. The number of hydrogen-bond donors (Lipinski definition) is 1. The summed E-state index contributed by atoms with van der Waals surface area (Å²) in [7, 11) is 0. The Hall–Kier alpha value is -3.51. The van der Waals surface area contributed by atoms with Gasteiger partial charge in [0.2, 0.25) is 11.8 Å². The van der Waals surface area contributed by atoms with Crippen LogP contribution >= 0.6 is 0 Å². The number of piperidine rings is 2. The topological polar surface area (TPSA) is 123 Å². The zero-order valence-corrected chi connectivity index (χ0v) is 26.8. The summed E-state index contributed by atoms with van der Waals surface area (Å²) >= 11 is 0.